The van der Waals surface area contributed by atoms with E-state index in [2.05, 4.69) is 30.8 Å². The van der Waals surface area contributed by atoms with Crippen molar-refractivity contribution < 1.29 is 9.13 Å². The molecule has 7 rings (SSSR count). The molecule has 0 aromatic carbocycles. The topological polar surface area (TPSA) is 120 Å². The van der Waals surface area contributed by atoms with Crippen molar-refractivity contribution in [1.82, 2.24) is 24.8 Å². The molecular formula is C23H25FN8OS. The molecule has 2 atom stereocenters. The molecule has 0 radical (unpaired) electrons. The number of thiophene rings is 1. The van der Waals surface area contributed by atoms with Gasteiger partial charge in [0.2, 0.25) is 0 Å². The van der Waals surface area contributed by atoms with Crippen LogP contribution in [0.25, 0.3) is 11.2 Å². The van der Waals surface area contributed by atoms with Crippen LogP contribution in [0.15, 0.2) is 6.33 Å². The smallest absolute Gasteiger partial charge is 0.320 e. The van der Waals surface area contributed by atoms with Gasteiger partial charge in [0.25, 0.3) is 0 Å². The van der Waals surface area contributed by atoms with Crippen molar-refractivity contribution in [2.45, 2.75) is 49.2 Å². The molecule has 1 spiro atoms. The van der Waals surface area contributed by atoms with E-state index in [1.807, 2.05) is 0 Å². The van der Waals surface area contributed by atoms with Crippen LogP contribution >= 0.6 is 11.3 Å². The van der Waals surface area contributed by atoms with Crippen LogP contribution in [0.5, 0.6) is 6.01 Å². The predicted octanol–water partition coefficient (Wildman–Crippen LogP) is 2.53. The summed E-state index contributed by atoms with van der Waals surface area (Å²) < 4.78 is 20.3. The number of imidazole rings is 1. The predicted molar refractivity (Wildman–Crippen MR) is 126 cm³/mol. The fourth-order valence-corrected chi connectivity index (χ4v) is 7.85. The van der Waals surface area contributed by atoms with Crippen LogP contribution in [0.2, 0.25) is 0 Å². The molecule has 3 N–H and O–H groups in total. The lowest BCUT2D eigenvalue weighted by molar-refractivity contribution is 0.107. The first-order chi connectivity index (χ1) is 16.5. The van der Waals surface area contributed by atoms with E-state index in [9.17, 15) is 9.65 Å². The zero-order chi connectivity index (χ0) is 23.1. The summed E-state index contributed by atoms with van der Waals surface area (Å²) in [5.41, 5.74) is 8.93. The van der Waals surface area contributed by atoms with Gasteiger partial charge in [-0.2, -0.15) is 15.2 Å². The number of anilines is 2. The Morgan fingerprint density at radius 2 is 2.24 bits per heavy atom. The summed E-state index contributed by atoms with van der Waals surface area (Å²) in [5, 5.41) is 10.3. The second-order valence-electron chi connectivity index (χ2n) is 10.2. The van der Waals surface area contributed by atoms with E-state index < -0.39 is 6.17 Å². The monoisotopic (exact) mass is 480 g/mol. The van der Waals surface area contributed by atoms with Crippen molar-refractivity contribution in [3.8, 4) is 12.1 Å². The number of hydrogen-bond acceptors (Lipinski definition) is 9. The van der Waals surface area contributed by atoms with Gasteiger partial charge < -0.3 is 20.4 Å². The Morgan fingerprint density at radius 3 is 3.09 bits per heavy atom. The van der Waals surface area contributed by atoms with Crippen LogP contribution in [-0.4, -0.2) is 69.3 Å². The van der Waals surface area contributed by atoms with E-state index >= 15 is 0 Å². The third-order valence-electron chi connectivity index (χ3n) is 8.24. The highest BCUT2D eigenvalue weighted by Crippen LogP contribution is 2.52. The van der Waals surface area contributed by atoms with E-state index in [-0.39, 0.29) is 17.0 Å². The van der Waals surface area contributed by atoms with Crippen molar-refractivity contribution in [3.05, 3.63) is 22.3 Å². The number of halogens is 1. The van der Waals surface area contributed by atoms with Gasteiger partial charge in [-0.25, -0.2) is 9.37 Å². The molecule has 3 aromatic heterocycles. The minimum Gasteiger partial charge on any atom is -0.461 e. The minimum absolute atomic E-state index is 0.0594. The number of aryl methyl sites for hydroxylation is 1. The summed E-state index contributed by atoms with van der Waals surface area (Å²) in [5.74, 6) is 0.758. The number of nitriles is 1. The molecule has 6 heterocycles. The van der Waals surface area contributed by atoms with Crippen LogP contribution in [-0.2, 0) is 11.8 Å². The molecule has 4 aliphatic rings. The fraction of sp³-hybridized carbons (Fsp3) is 0.565. The summed E-state index contributed by atoms with van der Waals surface area (Å²) in [6.45, 7) is 3.32. The number of aromatic amines is 1. The summed E-state index contributed by atoms with van der Waals surface area (Å²) in [6, 6.07) is 2.61. The zero-order valence-electron chi connectivity index (χ0n) is 18.7. The number of fused-ring (bicyclic) bond motifs is 4. The fourth-order valence-electron chi connectivity index (χ4n) is 6.71. The van der Waals surface area contributed by atoms with Crippen molar-refractivity contribution >= 4 is 33.3 Å². The molecule has 3 aromatic rings. The third kappa shape index (κ3) is 2.75. The molecule has 3 aliphatic heterocycles. The molecule has 3 saturated heterocycles. The lowest BCUT2D eigenvalue weighted by atomic mass is 9.74. The highest BCUT2D eigenvalue weighted by atomic mass is 32.1. The molecular weight excluding hydrogens is 455 g/mol. The summed E-state index contributed by atoms with van der Waals surface area (Å²) in [6.07, 6.45) is 5.31. The largest absolute Gasteiger partial charge is 0.461 e. The Morgan fingerprint density at radius 1 is 1.35 bits per heavy atom. The third-order valence-corrected chi connectivity index (χ3v) is 9.32. The standard InChI is InChI=1S/C23H25FN8OS/c24-13-6-23(3-1-5-32(23)8-13)11-33-21-29-19-17(27-12-28-19)20(30-21)31-9-22(10-31)4-2-15-16(22)14(7-25)18(26)34-15/h12-13H,1-6,8-11,26H2,(H,27,28,29,30)/t13-,23+/m1/s1. The van der Waals surface area contributed by atoms with Gasteiger partial charge in [0.1, 0.15) is 29.4 Å². The SMILES string of the molecule is N#Cc1c(N)sc2c1C1(CC2)CN(c2nc(OC[C@@]34CCCN3C[C@H](F)C4)nc3nc[nH]c23)C1. The first kappa shape index (κ1) is 20.4. The van der Waals surface area contributed by atoms with Gasteiger partial charge >= 0.3 is 6.01 Å². The van der Waals surface area contributed by atoms with Gasteiger partial charge in [0.05, 0.1) is 17.4 Å². The zero-order valence-corrected chi connectivity index (χ0v) is 19.5. The number of nitrogens with one attached hydrogen (secondary N) is 1. The van der Waals surface area contributed by atoms with Crippen LogP contribution in [0.1, 0.15) is 41.7 Å². The molecule has 34 heavy (non-hydrogen) atoms. The Labute approximate surface area is 199 Å². The van der Waals surface area contributed by atoms with E-state index in [0.717, 1.165) is 62.2 Å². The van der Waals surface area contributed by atoms with Crippen molar-refractivity contribution in [2.75, 3.05) is 43.4 Å². The summed E-state index contributed by atoms with van der Waals surface area (Å²) >= 11 is 1.55. The number of rotatable bonds is 4. The number of nitrogens with zero attached hydrogens (tertiary/aromatic N) is 6. The van der Waals surface area contributed by atoms with Gasteiger partial charge in [-0.3, -0.25) is 4.90 Å². The molecule has 0 unspecified atom stereocenters. The number of H-pyrrole nitrogens is 1. The molecule has 1 aliphatic carbocycles. The van der Waals surface area contributed by atoms with E-state index in [4.69, 9.17) is 15.5 Å². The maximum absolute atomic E-state index is 14.1. The lowest BCUT2D eigenvalue weighted by Gasteiger charge is -2.49. The lowest BCUT2D eigenvalue weighted by Crippen LogP contribution is -2.59. The van der Waals surface area contributed by atoms with Crippen molar-refractivity contribution in [1.29, 1.82) is 5.26 Å². The highest BCUT2D eigenvalue weighted by molar-refractivity contribution is 7.16. The van der Waals surface area contributed by atoms with Gasteiger partial charge in [-0.1, -0.05) is 0 Å². The molecule has 3 fully saturated rings. The highest BCUT2D eigenvalue weighted by Gasteiger charge is 2.52. The average molecular weight is 481 g/mol. The number of aromatic nitrogens is 4. The molecule has 11 heteroatoms. The Bertz CT molecular complexity index is 1340. The molecule has 0 saturated carbocycles. The maximum atomic E-state index is 14.1. The van der Waals surface area contributed by atoms with Crippen molar-refractivity contribution in [3.63, 3.8) is 0 Å². The first-order valence-corrected chi connectivity index (χ1v) is 12.6. The minimum atomic E-state index is -0.799. The van der Waals surface area contributed by atoms with Gasteiger partial charge in [0, 0.05) is 36.3 Å². The van der Waals surface area contributed by atoms with E-state index in [1.165, 1.54) is 4.88 Å². The van der Waals surface area contributed by atoms with E-state index in [1.54, 1.807) is 17.7 Å². The number of nitrogen functional groups attached to an aromatic ring is 1. The summed E-state index contributed by atoms with van der Waals surface area (Å²) in [7, 11) is 0. The Balaban J connectivity index is 1.16. The normalized spacial score (nSPS) is 27.2. The second kappa shape index (κ2) is 7.02. The van der Waals surface area contributed by atoms with Crippen LogP contribution in [0.4, 0.5) is 15.2 Å². The number of alkyl halides is 1. The van der Waals surface area contributed by atoms with E-state index in [0.29, 0.717) is 35.8 Å². The molecule has 9 nitrogen and oxygen atoms in total. The van der Waals surface area contributed by atoms with Crippen LogP contribution < -0.4 is 15.4 Å². The van der Waals surface area contributed by atoms with Gasteiger partial charge in [0.15, 0.2) is 11.5 Å². The number of hydrogen-bond donors (Lipinski definition) is 2. The maximum Gasteiger partial charge on any atom is 0.320 e. The number of nitrogens with two attached hydrogens (primary N) is 1. The molecule has 176 valence electrons. The first-order valence-electron chi connectivity index (χ1n) is 11.8. The summed E-state index contributed by atoms with van der Waals surface area (Å²) in [4.78, 5) is 22.5. The van der Waals surface area contributed by atoms with Gasteiger partial charge in [-0.05, 0) is 37.8 Å². The van der Waals surface area contributed by atoms with Gasteiger partial charge in [-0.15, -0.1) is 11.3 Å². The Kier molecular flexibility index (Phi) is 4.22. The molecule has 0 amide bonds. The molecule has 0 bridgehead atoms. The van der Waals surface area contributed by atoms with Crippen LogP contribution in [0.3, 0.4) is 0 Å². The number of ether oxygens (including phenoxy) is 1. The van der Waals surface area contributed by atoms with Crippen LogP contribution in [0, 0.1) is 11.3 Å². The van der Waals surface area contributed by atoms with Crippen molar-refractivity contribution in [2.24, 2.45) is 0 Å². The Hall–Kier alpha value is -2.97. The quantitative estimate of drug-likeness (QED) is 0.585. The second-order valence-corrected chi connectivity index (χ2v) is 11.3. The average Bonchev–Trinajstić information content (AvgIpc) is 3.56.